The Labute approximate surface area is 210 Å². The molecule has 0 aliphatic rings. The molecule has 0 bridgehead atoms. The van der Waals surface area contributed by atoms with Crippen molar-refractivity contribution in [3.8, 4) is 17.1 Å². The molecule has 3 aromatic heterocycles. The molecule has 0 unspecified atom stereocenters. The summed E-state index contributed by atoms with van der Waals surface area (Å²) in [6.07, 6.45) is 0.759. The third-order valence-electron chi connectivity index (χ3n) is 5.96. The molecular weight excluding hydrogens is 456 g/mol. The predicted octanol–water partition coefficient (Wildman–Crippen LogP) is 4.11. The molecule has 0 saturated heterocycles. The zero-order valence-electron chi connectivity index (χ0n) is 21.4. The highest BCUT2D eigenvalue weighted by Crippen LogP contribution is 2.29. The first-order chi connectivity index (χ1) is 17.2. The number of nitrogens with one attached hydrogen (secondary N) is 1. The van der Waals surface area contributed by atoms with E-state index in [9.17, 15) is 9.90 Å². The fraction of sp³-hybridized carbons (Fsp3) is 0.333. The Morgan fingerprint density at radius 1 is 1.06 bits per heavy atom. The summed E-state index contributed by atoms with van der Waals surface area (Å²) in [5.41, 5.74) is 4.93. The van der Waals surface area contributed by atoms with Crippen LogP contribution in [0, 0.1) is 6.92 Å². The van der Waals surface area contributed by atoms with E-state index in [1.54, 1.807) is 36.2 Å². The molecule has 0 atom stereocenters. The number of hydrogen-bond acceptors (Lipinski definition) is 8. The van der Waals surface area contributed by atoms with Gasteiger partial charge in [-0.05, 0) is 63.8 Å². The molecule has 36 heavy (non-hydrogen) atoms. The quantitative estimate of drug-likeness (QED) is 0.363. The van der Waals surface area contributed by atoms with E-state index in [0.29, 0.717) is 33.6 Å². The van der Waals surface area contributed by atoms with E-state index in [1.807, 2.05) is 46.1 Å². The van der Waals surface area contributed by atoms with Crippen molar-refractivity contribution in [3.05, 3.63) is 65.2 Å². The lowest BCUT2D eigenvalue weighted by Crippen LogP contribution is -2.26. The number of carbonyl (C=O) groups is 1. The Hall–Kier alpha value is -3.98. The van der Waals surface area contributed by atoms with E-state index in [1.165, 1.54) is 0 Å². The molecule has 9 heteroatoms. The first kappa shape index (κ1) is 25.1. The minimum Gasteiger partial charge on any atom is -0.508 e. The number of rotatable bonds is 9. The fourth-order valence-electron chi connectivity index (χ4n) is 3.93. The van der Waals surface area contributed by atoms with E-state index in [0.717, 1.165) is 36.6 Å². The molecule has 9 nitrogen and oxygen atoms in total. The van der Waals surface area contributed by atoms with Gasteiger partial charge >= 0.3 is 0 Å². The van der Waals surface area contributed by atoms with Gasteiger partial charge in [0, 0.05) is 31.6 Å². The third kappa shape index (κ3) is 5.63. The van der Waals surface area contributed by atoms with Crippen LogP contribution in [0.1, 0.15) is 34.4 Å². The van der Waals surface area contributed by atoms with Gasteiger partial charge in [0.05, 0.1) is 46.1 Å². The van der Waals surface area contributed by atoms with E-state index >= 15 is 0 Å². The second-order valence-corrected chi connectivity index (χ2v) is 9.12. The third-order valence-corrected chi connectivity index (χ3v) is 5.96. The lowest BCUT2D eigenvalue weighted by atomic mass is 10.0. The standard InChI is InChI=1S/C27H32N6O3/c1-6-18-13-20(36-31-18)16-33(5)27(35)22-15-26(30-24-8-7-19(34)14-21(22)24)25-10-9-23(17(2)29-25)28-11-12-32(3)4/h7-10,13-15,28,34H,6,11-12,16H2,1-5H3. The van der Waals surface area contributed by atoms with Crippen LogP contribution in [-0.4, -0.2) is 70.2 Å². The number of aryl methyl sites for hydroxylation is 2. The van der Waals surface area contributed by atoms with Crippen LogP contribution in [0.5, 0.6) is 5.75 Å². The Balaban J connectivity index is 1.67. The lowest BCUT2D eigenvalue weighted by Gasteiger charge is -2.18. The maximum absolute atomic E-state index is 13.5. The van der Waals surface area contributed by atoms with Crippen molar-refractivity contribution >= 4 is 22.5 Å². The van der Waals surface area contributed by atoms with Gasteiger partial charge in [-0.2, -0.15) is 0 Å². The van der Waals surface area contributed by atoms with Crippen molar-refractivity contribution in [1.29, 1.82) is 0 Å². The van der Waals surface area contributed by atoms with Gasteiger partial charge in [-0.15, -0.1) is 0 Å². The Bertz CT molecular complexity index is 1380. The number of aromatic hydroxyl groups is 1. The highest BCUT2D eigenvalue weighted by Gasteiger charge is 2.20. The number of amides is 1. The molecular formula is C27H32N6O3. The second kappa shape index (κ2) is 10.7. The number of likely N-dealkylation sites (N-methyl/N-ethyl adjacent to an activating group) is 1. The number of aromatic nitrogens is 3. The Morgan fingerprint density at radius 2 is 1.86 bits per heavy atom. The molecule has 0 saturated carbocycles. The summed E-state index contributed by atoms with van der Waals surface area (Å²) < 4.78 is 5.36. The zero-order valence-corrected chi connectivity index (χ0v) is 21.4. The van der Waals surface area contributed by atoms with E-state index in [-0.39, 0.29) is 18.2 Å². The summed E-state index contributed by atoms with van der Waals surface area (Å²) in [7, 11) is 5.78. The molecule has 0 aliphatic heterocycles. The topological polar surface area (TPSA) is 108 Å². The largest absolute Gasteiger partial charge is 0.508 e. The minimum atomic E-state index is -0.220. The van der Waals surface area contributed by atoms with Crippen molar-refractivity contribution < 1.29 is 14.4 Å². The van der Waals surface area contributed by atoms with Gasteiger partial charge < -0.3 is 24.7 Å². The molecule has 0 spiro atoms. The number of carbonyl (C=O) groups excluding carboxylic acids is 1. The lowest BCUT2D eigenvalue weighted by molar-refractivity contribution is 0.0774. The van der Waals surface area contributed by atoms with Crippen LogP contribution in [0.25, 0.3) is 22.3 Å². The van der Waals surface area contributed by atoms with Crippen molar-refractivity contribution in [3.63, 3.8) is 0 Å². The fourth-order valence-corrected chi connectivity index (χ4v) is 3.93. The molecule has 2 N–H and O–H groups in total. The SMILES string of the molecule is CCc1cc(CN(C)C(=O)c2cc(-c3ccc(NCCN(C)C)c(C)n3)nc3ccc(O)cc23)on1. The van der Waals surface area contributed by atoms with Gasteiger partial charge in [0.15, 0.2) is 5.76 Å². The van der Waals surface area contributed by atoms with Crippen LogP contribution in [0.4, 0.5) is 5.69 Å². The summed E-state index contributed by atoms with van der Waals surface area (Å²) in [4.78, 5) is 26.7. The van der Waals surface area contributed by atoms with Gasteiger partial charge in [0.25, 0.3) is 5.91 Å². The molecule has 1 amide bonds. The number of phenolic OH excluding ortho intramolecular Hbond substituents is 1. The molecule has 0 fully saturated rings. The van der Waals surface area contributed by atoms with Crippen LogP contribution < -0.4 is 5.32 Å². The van der Waals surface area contributed by atoms with Crippen molar-refractivity contribution in [1.82, 2.24) is 24.9 Å². The average Bonchev–Trinajstić information content (AvgIpc) is 3.31. The van der Waals surface area contributed by atoms with Crippen LogP contribution in [0.2, 0.25) is 0 Å². The Kier molecular flexibility index (Phi) is 7.49. The van der Waals surface area contributed by atoms with Gasteiger partial charge in [0.2, 0.25) is 0 Å². The Morgan fingerprint density at radius 3 is 2.56 bits per heavy atom. The first-order valence-corrected chi connectivity index (χ1v) is 12.0. The summed E-state index contributed by atoms with van der Waals surface area (Å²) in [6, 6.07) is 12.3. The number of nitrogens with zero attached hydrogens (tertiary/aromatic N) is 5. The van der Waals surface area contributed by atoms with E-state index in [4.69, 9.17) is 14.5 Å². The monoisotopic (exact) mass is 488 g/mol. The number of pyridine rings is 2. The minimum absolute atomic E-state index is 0.0682. The summed E-state index contributed by atoms with van der Waals surface area (Å²) in [5, 5.41) is 18.1. The van der Waals surface area contributed by atoms with Crippen LogP contribution in [0.15, 0.2) is 47.0 Å². The molecule has 1 aromatic carbocycles. The van der Waals surface area contributed by atoms with Crippen LogP contribution in [-0.2, 0) is 13.0 Å². The van der Waals surface area contributed by atoms with E-state index in [2.05, 4.69) is 15.4 Å². The van der Waals surface area contributed by atoms with Gasteiger partial charge in [-0.3, -0.25) is 4.79 Å². The molecule has 188 valence electrons. The number of anilines is 1. The van der Waals surface area contributed by atoms with Crippen molar-refractivity contribution in [2.75, 3.05) is 39.5 Å². The number of benzene rings is 1. The molecule has 4 rings (SSSR count). The summed E-state index contributed by atoms with van der Waals surface area (Å²) in [6.45, 7) is 5.93. The molecule has 4 aromatic rings. The summed E-state index contributed by atoms with van der Waals surface area (Å²) in [5.74, 6) is 0.458. The maximum Gasteiger partial charge on any atom is 0.254 e. The van der Waals surface area contributed by atoms with Gasteiger partial charge in [-0.1, -0.05) is 12.1 Å². The van der Waals surface area contributed by atoms with Gasteiger partial charge in [0.1, 0.15) is 5.75 Å². The second-order valence-electron chi connectivity index (χ2n) is 9.12. The zero-order chi connectivity index (χ0) is 25.8. The molecule has 0 radical (unpaired) electrons. The first-order valence-electron chi connectivity index (χ1n) is 12.0. The van der Waals surface area contributed by atoms with Crippen LogP contribution >= 0.6 is 0 Å². The predicted molar refractivity (Wildman–Crippen MR) is 140 cm³/mol. The number of phenols is 1. The highest BCUT2D eigenvalue weighted by atomic mass is 16.5. The summed E-state index contributed by atoms with van der Waals surface area (Å²) >= 11 is 0. The highest BCUT2D eigenvalue weighted by molar-refractivity contribution is 6.07. The molecule has 0 aliphatic carbocycles. The maximum atomic E-state index is 13.5. The number of hydrogen-bond donors (Lipinski definition) is 2. The van der Waals surface area contributed by atoms with Crippen molar-refractivity contribution in [2.45, 2.75) is 26.8 Å². The van der Waals surface area contributed by atoms with E-state index < -0.39 is 0 Å². The average molecular weight is 489 g/mol. The van der Waals surface area contributed by atoms with Crippen LogP contribution in [0.3, 0.4) is 0 Å². The normalized spacial score (nSPS) is 11.3. The smallest absolute Gasteiger partial charge is 0.254 e. The molecule has 3 heterocycles. The van der Waals surface area contributed by atoms with Crippen molar-refractivity contribution in [2.24, 2.45) is 0 Å². The van der Waals surface area contributed by atoms with Gasteiger partial charge in [-0.25, -0.2) is 9.97 Å². The number of fused-ring (bicyclic) bond motifs is 1.